The van der Waals surface area contributed by atoms with Crippen molar-refractivity contribution in [3.05, 3.63) is 23.3 Å². The molecule has 2 aliphatic rings. The van der Waals surface area contributed by atoms with Crippen LogP contribution in [0.1, 0.15) is 66.2 Å². The highest BCUT2D eigenvalue weighted by Gasteiger charge is 2.45. The Morgan fingerprint density at radius 3 is 2.60 bits per heavy atom. The smallest absolute Gasteiger partial charge is 0.333 e. The molecular formula is C24H34O6. The molecule has 0 saturated heterocycles. The van der Waals surface area contributed by atoms with E-state index >= 15 is 0 Å². The molecule has 6 heteroatoms. The maximum absolute atomic E-state index is 12.6. The van der Waals surface area contributed by atoms with Gasteiger partial charge in [0.25, 0.3) is 0 Å². The molecule has 0 amide bonds. The van der Waals surface area contributed by atoms with Gasteiger partial charge in [-0.3, -0.25) is 9.59 Å². The highest BCUT2D eigenvalue weighted by atomic mass is 16.5. The zero-order valence-electron chi connectivity index (χ0n) is 18.4. The van der Waals surface area contributed by atoms with E-state index in [-0.39, 0.29) is 11.7 Å². The number of allylic oxidation sites excluding steroid dienone is 2. The number of hydrogen-bond donors (Lipinski definition) is 1. The molecule has 6 atom stereocenters. The van der Waals surface area contributed by atoms with Gasteiger partial charge < -0.3 is 14.6 Å². The highest BCUT2D eigenvalue weighted by Crippen LogP contribution is 2.44. The van der Waals surface area contributed by atoms with Crippen LogP contribution in [0.2, 0.25) is 0 Å². The molecule has 1 fully saturated rings. The fraction of sp³-hybridized carbons (Fsp3) is 0.667. The molecule has 1 N–H and O–H groups in total. The van der Waals surface area contributed by atoms with E-state index in [1.807, 2.05) is 6.08 Å². The van der Waals surface area contributed by atoms with Crippen LogP contribution in [0.15, 0.2) is 23.3 Å². The van der Waals surface area contributed by atoms with E-state index in [2.05, 4.69) is 13.8 Å². The first kappa shape index (κ1) is 24.0. The van der Waals surface area contributed by atoms with Crippen LogP contribution in [0.3, 0.4) is 0 Å². The predicted molar refractivity (Wildman–Crippen MR) is 113 cm³/mol. The average Bonchev–Trinajstić information content (AvgIpc) is 2.71. The highest BCUT2D eigenvalue weighted by molar-refractivity contribution is 5.96. The molecule has 0 radical (unpaired) electrons. The summed E-state index contributed by atoms with van der Waals surface area (Å²) < 4.78 is 5.74. The lowest BCUT2D eigenvalue weighted by atomic mass is 9.65. The van der Waals surface area contributed by atoms with E-state index in [9.17, 15) is 24.3 Å². The number of carboxylic acid groups (broad SMARTS) is 1. The van der Waals surface area contributed by atoms with Crippen molar-refractivity contribution in [1.29, 1.82) is 0 Å². The van der Waals surface area contributed by atoms with Gasteiger partial charge in [0.1, 0.15) is 12.4 Å². The van der Waals surface area contributed by atoms with Crippen LogP contribution < -0.4 is 0 Å². The molecular weight excluding hydrogens is 384 g/mol. The molecule has 0 aromatic rings. The van der Waals surface area contributed by atoms with Crippen molar-refractivity contribution in [3.8, 4) is 0 Å². The quantitative estimate of drug-likeness (QED) is 0.343. The summed E-state index contributed by atoms with van der Waals surface area (Å²) in [6.45, 7) is 7.60. The second-order valence-electron chi connectivity index (χ2n) is 8.88. The molecule has 0 bridgehead atoms. The number of fused-ring (bicyclic) bond motifs is 1. The minimum absolute atomic E-state index is 0.187. The summed E-state index contributed by atoms with van der Waals surface area (Å²) in [5.74, 6) is -3.27. The number of rotatable bonds is 9. The monoisotopic (exact) mass is 418 g/mol. The molecule has 2 aliphatic carbocycles. The van der Waals surface area contributed by atoms with E-state index < -0.39 is 41.7 Å². The third kappa shape index (κ3) is 5.67. The van der Waals surface area contributed by atoms with Crippen molar-refractivity contribution >= 4 is 24.0 Å². The largest absolute Gasteiger partial charge is 0.481 e. The van der Waals surface area contributed by atoms with Gasteiger partial charge in [0.05, 0.1) is 5.92 Å². The Labute approximate surface area is 178 Å². The number of esters is 1. The minimum Gasteiger partial charge on any atom is -0.481 e. The van der Waals surface area contributed by atoms with Crippen LogP contribution in [0, 0.1) is 29.6 Å². The number of carboxylic acids is 1. The van der Waals surface area contributed by atoms with Gasteiger partial charge in [-0.1, -0.05) is 39.7 Å². The molecule has 1 saturated carbocycles. The second-order valence-corrected chi connectivity index (χ2v) is 8.88. The third-order valence-electron chi connectivity index (χ3n) is 6.49. The second kappa shape index (κ2) is 10.7. The normalized spacial score (nSPS) is 28.7. The van der Waals surface area contributed by atoms with Gasteiger partial charge in [-0.15, -0.1) is 0 Å². The summed E-state index contributed by atoms with van der Waals surface area (Å²) >= 11 is 0. The van der Waals surface area contributed by atoms with Gasteiger partial charge in [-0.25, -0.2) is 4.79 Å². The van der Waals surface area contributed by atoms with E-state index in [1.54, 1.807) is 13.8 Å². The lowest BCUT2D eigenvalue weighted by Gasteiger charge is -2.40. The van der Waals surface area contributed by atoms with Crippen molar-refractivity contribution in [2.24, 2.45) is 29.6 Å². The Morgan fingerprint density at radius 1 is 1.30 bits per heavy atom. The van der Waals surface area contributed by atoms with E-state index in [0.29, 0.717) is 30.4 Å². The summed E-state index contributed by atoms with van der Waals surface area (Å²) in [5, 5.41) is 9.65. The van der Waals surface area contributed by atoms with E-state index in [4.69, 9.17) is 4.74 Å². The van der Waals surface area contributed by atoms with Crippen molar-refractivity contribution in [1.82, 2.24) is 0 Å². The topological polar surface area (TPSA) is 97.7 Å². The molecule has 3 unspecified atom stereocenters. The average molecular weight is 419 g/mol. The molecule has 2 rings (SSSR count). The summed E-state index contributed by atoms with van der Waals surface area (Å²) in [6.07, 6.45) is 7.76. The summed E-state index contributed by atoms with van der Waals surface area (Å²) in [5.41, 5.74) is 1.12. The fourth-order valence-corrected chi connectivity index (χ4v) is 4.65. The lowest BCUT2D eigenvalue weighted by molar-refractivity contribution is -0.149. The van der Waals surface area contributed by atoms with Gasteiger partial charge in [-0.2, -0.15) is 0 Å². The van der Waals surface area contributed by atoms with Crippen LogP contribution in [-0.4, -0.2) is 35.2 Å². The number of carbonyl (C=O) groups excluding carboxylic acids is 3. The van der Waals surface area contributed by atoms with Crippen LogP contribution in [-0.2, 0) is 23.9 Å². The lowest BCUT2D eigenvalue weighted by Crippen LogP contribution is -2.43. The van der Waals surface area contributed by atoms with Crippen LogP contribution >= 0.6 is 0 Å². The third-order valence-corrected chi connectivity index (χ3v) is 6.49. The fourth-order valence-electron chi connectivity index (χ4n) is 4.65. The van der Waals surface area contributed by atoms with E-state index in [0.717, 1.165) is 25.5 Å². The van der Waals surface area contributed by atoms with Gasteiger partial charge in [0, 0.05) is 17.4 Å². The molecule has 0 heterocycles. The van der Waals surface area contributed by atoms with Gasteiger partial charge >= 0.3 is 11.9 Å². The summed E-state index contributed by atoms with van der Waals surface area (Å²) in [4.78, 5) is 48.2. The zero-order valence-corrected chi connectivity index (χ0v) is 18.4. The number of hydrogen-bond acceptors (Lipinski definition) is 5. The first-order chi connectivity index (χ1) is 14.2. The summed E-state index contributed by atoms with van der Waals surface area (Å²) in [6, 6.07) is 0. The number of unbranched alkanes of at least 4 members (excludes halogenated alkanes) is 1. The van der Waals surface area contributed by atoms with Crippen molar-refractivity contribution in [2.75, 3.05) is 0 Å². The van der Waals surface area contributed by atoms with Gasteiger partial charge in [-0.05, 0) is 56.1 Å². The zero-order chi connectivity index (χ0) is 22.4. The Kier molecular flexibility index (Phi) is 8.56. The first-order valence-electron chi connectivity index (χ1n) is 11.0. The van der Waals surface area contributed by atoms with Crippen LogP contribution in [0.4, 0.5) is 0 Å². The molecule has 0 aromatic heterocycles. The Bertz CT molecular complexity index is 734. The minimum atomic E-state index is -0.914. The molecule has 166 valence electrons. The maximum atomic E-state index is 12.6. The first-order valence-corrected chi connectivity index (χ1v) is 11.0. The number of aliphatic carboxylic acids is 1. The van der Waals surface area contributed by atoms with Gasteiger partial charge in [0.15, 0.2) is 5.78 Å². The van der Waals surface area contributed by atoms with Crippen molar-refractivity contribution < 1.29 is 29.0 Å². The molecule has 0 aliphatic heterocycles. The molecule has 0 spiro atoms. The number of carbonyl (C=O) groups is 4. The number of ketones is 1. The molecule has 0 aromatic carbocycles. The Balaban J connectivity index is 2.20. The standard InChI is InChI=1S/C24H34O6/c1-5-6-7-14(2)10-15(3)24(29)30-22-9-8-17(23(27)28)19-11-18(16(4)13-25)21(26)12-20(19)22/h10,12-14,16-19,22H,5-9,11H2,1-4H3,(H,27,28)/b15-10-/t14?,16?,17-,18-,19?,22+/m0/s1. The number of aldehydes is 1. The van der Waals surface area contributed by atoms with Crippen molar-refractivity contribution in [3.63, 3.8) is 0 Å². The van der Waals surface area contributed by atoms with Crippen LogP contribution in [0.25, 0.3) is 0 Å². The maximum Gasteiger partial charge on any atom is 0.333 e. The molecule has 30 heavy (non-hydrogen) atoms. The van der Waals surface area contributed by atoms with Crippen LogP contribution in [0.5, 0.6) is 0 Å². The van der Waals surface area contributed by atoms with Gasteiger partial charge in [0.2, 0.25) is 0 Å². The SMILES string of the molecule is CCCCC(C)/C=C(/C)C(=O)O[C@@H]1CC[C@H](C(=O)O)C2C[C@@H](C(C)C=O)C(=O)C=C21. The molecule has 6 nitrogen and oxygen atoms in total. The van der Waals surface area contributed by atoms with Crippen molar-refractivity contribution in [2.45, 2.75) is 72.3 Å². The Morgan fingerprint density at radius 2 is 2.00 bits per heavy atom. The Hall–Kier alpha value is -2.24. The number of ether oxygens (including phenoxy) is 1. The predicted octanol–water partition coefficient (Wildman–Crippen LogP) is 4.13. The van der Waals surface area contributed by atoms with E-state index in [1.165, 1.54) is 6.08 Å². The summed E-state index contributed by atoms with van der Waals surface area (Å²) in [7, 11) is 0.